The highest BCUT2D eigenvalue weighted by Crippen LogP contribution is 2.35. The Bertz CT molecular complexity index is 2030. The van der Waals surface area contributed by atoms with Crippen molar-refractivity contribution in [2.24, 2.45) is 4.99 Å². The number of hydrogen-bond donors (Lipinski definition) is 0. The normalized spacial score (nSPS) is 15.0. The number of aromatic nitrogens is 1. The van der Waals surface area contributed by atoms with Crippen LogP contribution in [-0.2, 0) is 9.53 Å². The molecule has 3 heterocycles. The van der Waals surface area contributed by atoms with E-state index in [2.05, 4.69) is 15.9 Å². The molecule has 0 aliphatic carbocycles. The van der Waals surface area contributed by atoms with Gasteiger partial charge in [-0.25, -0.2) is 9.79 Å². The number of fused-ring (bicyclic) bond motifs is 1. The summed E-state index contributed by atoms with van der Waals surface area (Å²) in [5.41, 5.74) is 2.66. The van der Waals surface area contributed by atoms with E-state index >= 15 is 0 Å². The molecule has 5 aromatic rings. The molecule has 1 aliphatic heterocycles. The molecule has 0 fully saturated rings. The van der Waals surface area contributed by atoms with E-state index in [1.165, 1.54) is 15.9 Å². The van der Waals surface area contributed by atoms with Crippen LogP contribution in [0.4, 0.5) is 0 Å². The number of nitrogens with zero attached hydrogens (tertiary/aromatic N) is 2. The average molecular weight is 680 g/mol. The SMILES string of the molecule is CCOC(=O)C1=C(c2ccccc2)N=c2s/c(=C\c3ccc(-c4ccc(Br)c(Cl)c4)o3)c(=O)n2[C@H]1c1ccc(Cl)cc1. The number of benzene rings is 3. The highest BCUT2D eigenvalue weighted by molar-refractivity contribution is 9.10. The first kappa shape index (κ1) is 28.4. The number of hydrogen-bond acceptors (Lipinski definition) is 6. The molecule has 0 amide bonds. The fourth-order valence-corrected chi connectivity index (χ4v) is 6.30. The lowest BCUT2D eigenvalue weighted by atomic mass is 9.93. The number of carbonyl (C=O) groups is 1. The van der Waals surface area contributed by atoms with E-state index in [-0.39, 0.29) is 17.7 Å². The van der Waals surface area contributed by atoms with Gasteiger partial charge < -0.3 is 9.15 Å². The maximum Gasteiger partial charge on any atom is 0.338 e. The number of esters is 1. The van der Waals surface area contributed by atoms with Crippen molar-refractivity contribution in [2.75, 3.05) is 6.61 Å². The van der Waals surface area contributed by atoms with Crippen molar-refractivity contribution in [3.8, 4) is 11.3 Å². The van der Waals surface area contributed by atoms with Gasteiger partial charge in [0.1, 0.15) is 11.5 Å². The molecule has 6 rings (SSSR count). The number of furan rings is 1. The minimum atomic E-state index is -0.785. The molecule has 0 N–H and O–H groups in total. The van der Waals surface area contributed by atoms with Crippen molar-refractivity contribution in [1.82, 2.24) is 4.57 Å². The number of ether oxygens (including phenoxy) is 1. The first-order chi connectivity index (χ1) is 20.3. The molecular formula is C32H21BrCl2N2O4S. The largest absolute Gasteiger partial charge is 0.463 e. The van der Waals surface area contributed by atoms with Crippen LogP contribution in [0.15, 0.2) is 109 Å². The summed E-state index contributed by atoms with van der Waals surface area (Å²) >= 11 is 17.1. The van der Waals surface area contributed by atoms with Crippen molar-refractivity contribution < 1.29 is 13.9 Å². The van der Waals surface area contributed by atoms with Gasteiger partial charge in [-0.1, -0.05) is 83.1 Å². The molecule has 0 bridgehead atoms. The first-order valence-corrected chi connectivity index (χ1v) is 15.3. The molecule has 42 heavy (non-hydrogen) atoms. The fourth-order valence-electron chi connectivity index (χ4n) is 4.77. The second-order valence-electron chi connectivity index (χ2n) is 9.31. The van der Waals surface area contributed by atoms with Gasteiger partial charge in [0.2, 0.25) is 0 Å². The van der Waals surface area contributed by atoms with Crippen molar-refractivity contribution in [1.29, 1.82) is 0 Å². The number of carbonyl (C=O) groups excluding carboxylic acids is 1. The number of thiazole rings is 1. The highest BCUT2D eigenvalue weighted by Gasteiger charge is 2.35. The van der Waals surface area contributed by atoms with Crippen LogP contribution in [0.2, 0.25) is 10.0 Å². The van der Waals surface area contributed by atoms with E-state index in [1.807, 2.05) is 48.5 Å². The lowest BCUT2D eigenvalue weighted by Gasteiger charge is -2.25. The fraction of sp³-hybridized carbons (Fsp3) is 0.0938. The second-order valence-corrected chi connectivity index (χ2v) is 12.0. The van der Waals surface area contributed by atoms with Gasteiger partial charge in [-0.2, -0.15) is 0 Å². The molecule has 10 heteroatoms. The standard InChI is InChI=1S/C32H21BrCl2N2O4S/c1-2-40-31(39)27-28(18-6-4-3-5-7-18)36-32-37(29(27)19-8-11-21(34)12-9-19)30(38)26(42-32)17-22-13-15-25(41-22)20-10-14-23(33)24(35)16-20/h3-17,29H,2H2,1H3/b26-17-/t29-/m0/s1. The van der Waals surface area contributed by atoms with Crippen molar-refractivity contribution >= 4 is 68.2 Å². The van der Waals surface area contributed by atoms with Gasteiger partial charge in [0, 0.05) is 26.7 Å². The minimum Gasteiger partial charge on any atom is -0.463 e. The summed E-state index contributed by atoms with van der Waals surface area (Å²) in [4.78, 5) is 32.8. The van der Waals surface area contributed by atoms with E-state index in [0.717, 1.165) is 15.6 Å². The van der Waals surface area contributed by atoms with Crippen LogP contribution in [0.5, 0.6) is 0 Å². The Kier molecular flexibility index (Phi) is 8.05. The summed E-state index contributed by atoms with van der Waals surface area (Å²) < 4.78 is 14.3. The molecule has 1 aliphatic rings. The molecule has 1 atom stereocenters. The molecule has 0 radical (unpaired) electrons. The van der Waals surface area contributed by atoms with Gasteiger partial charge in [0.25, 0.3) is 5.56 Å². The van der Waals surface area contributed by atoms with Crippen LogP contribution < -0.4 is 14.9 Å². The summed E-state index contributed by atoms with van der Waals surface area (Å²) in [7, 11) is 0. The Balaban J connectivity index is 1.55. The lowest BCUT2D eigenvalue weighted by Crippen LogP contribution is -2.39. The van der Waals surface area contributed by atoms with Crippen LogP contribution in [0.1, 0.15) is 29.9 Å². The molecular weight excluding hydrogens is 659 g/mol. The molecule has 0 saturated carbocycles. The Labute approximate surface area is 262 Å². The molecule has 210 valence electrons. The van der Waals surface area contributed by atoms with Crippen molar-refractivity contribution in [3.63, 3.8) is 0 Å². The van der Waals surface area contributed by atoms with E-state index < -0.39 is 12.0 Å². The van der Waals surface area contributed by atoms with Crippen molar-refractivity contribution in [2.45, 2.75) is 13.0 Å². The van der Waals surface area contributed by atoms with E-state index in [1.54, 1.807) is 49.4 Å². The predicted molar refractivity (Wildman–Crippen MR) is 169 cm³/mol. The van der Waals surface area contributed by atoms with Gasteiger partial charge >= 0.3 is 5.97 Å². The smallest absolute Gasteiger partial charge is 0.338 e. The third kappa shape index (κ3) is 5.43. The Hall–Kier alpha value is -3.69. The second kappa shape index (κ2) is 11.9. The molecule has 6 nitrogen and oxygen atoms in total. The maximum atomic E-state index is 14.0. The lowest BCUT2D eigenvalue weighted by molar-refractivity contribution is -0.138. The monoisotopic (exact) mass is 678 g/mol. The molecule has 0 saturated heterocycles. The van der Waals surface area contributed by atoms with Crippen LogP contribution >= 0.6 is 50.5 Å². The van der Waals surface area contributed by atoms with Gasteiger partial charge in [-0.05, 0) is 64.8 Å². The van der Waals surface area contributed by atoms with E-state index in [4.69, 9.17) is 37.3 Å². The number of halogens is 3. The molecule has 2 aromatic heterocycles. The predicted octanol–water partition coefficient (Wildman–Crippen LogP) is 7.26. The zero-order chi connectivity index (χ0) is 29.4. The number of rotatable bonds is 6. The van der Waals surface area contributed by atoms with E-state index in [0.29, 0.717) is 42.2 Å². The van der Waals surface area contributed by atoms with Gasteiger partial charge in [-0.3, -0.25) is 9.36 Å². The first-order valence-electron chi connectivity index (χ1n) is 12.9. The molecule has 0 spiro atoms. The zero-order valence-electron chi connectivity index (χ0n) is 22.0. The summed E-state index contributed by atoms with van der Waals surface area (Å²) in [6.45, 7) is 1.92. The molecule has 3 aromatic carbocycles. The minimum absolute atomic E-state index is 0.173. The van der Waals surface area contributed by atoms with Crippen LogP contribution in [0, 0.1) is 0 Å². The van der Waals surface area contributed by atoms with Gasteiger partial charge in [0.15, 0.2) is 4.80 Å². The van der Waals surface area contributed by atoms with Crippen LogP contribution in [-0.4, -0.2) is 17.1 Å². The summed E-state index contributed by atoms with van der Waals surface area (Å²) in [6.07, 6.45) is 1.68. The quantitative estimate of drug-likeness (QED) is 0.177. The summed E-state index contributed by atoms with van der Waals surface area (Å²) in [5, 5.41) is 1.10. The average Bonchev–Trinajstić information content (AvgIpc) is 3.59. The third-order valence-corrected chi connectivity index (χ3v) is 9.13. The van der Waals surface area contributed by atoms with Crippen molar-refractivity contribution in [3.05, 3.63) is 142 Å². The Morgan fingerprint density at radius 3 is 2.52 bits per heavy atom. The maximum absolute atomic E-state index is 14.0. The highest BCUT2D eigenvalue weighted by atomic mass is 79.9. The summed E-state index contributed by atoms with van der Waals surface area (Å²) in [6, 6.07) is 24.8. The van der Waals surface area contributed by atoms with Gasteiger partial charge in [-0.15, -0.1) is 0 Å². The Morgan fingerprint density at radius 1 is 1.05 bits per heavy atom. The zero-order valence-corrected chi connectivity index (χ0v) is 25.9. The van der Waals surface area contributed by atoms with Crippen LogP contribution in [0.3, 0.4) is 0 Å². The topological polar surface area (TPSA) is 73.8 Å². The van der Waals surface area contributed by atoms with Gasteiger partial charge in [0.05, 0.1) is 33.5 Å². The third-order valence-electron chi connectivity index (χ3n) is 6.66. The van der Waals surface area contributed by atoms with Crippen LogP contribution in [0.25, 0.3) is 23.1 Å². The molecule has 0 unspecified atom stereocenters. The Morgan fingerprint density at radius 2 is 1.81 bits per heavy atom. The summed E-state index contributed by atoms with van der Waals surface area (Å²) in [5.74, 6) is 0.557. The van der Waals surface area contributed by atoms with E-state index in [9.17, 15) is 9.59 Å².